The van der Waals surface area contributed by atoms with Gasteiger partial charge in [0.05, 0.1) is 115 Å². The van der Waals surface area contributed by atoms with E-state index < -0.39 is 0 Å². The Morgan fingerprint density at radius 1 is 0.346 bits per heavy atom. The smallest absolute Gasteiger partial charge is 0.213 e. The van der Waals surface area contributed by atoms with E-state index in [0.717, 1.165) is 121 Å². The van der Waals surface area contributed by atoms with Gasteiger partial charge in [0, 0.05) is 75.9 Å². The molecule has 8 heterocycles. The Balaban J connectivity index is 0.000000119. The first kappa shape index (κ1) is 92.9. The number of ether oxygens (including phenoxy) is 13. The van der Waals surface area contributed by atoms with E-state index in [1.807, 2.05) is 36.4 Å². The summed E-state index contributed by atoms with van der Waals surface area (Å²) in [5.74, 6) is 10.5. The molecule has 4 aromatic heterocycles. The first-order valence-electron chi connectivity index (χ1n) is 50.6. The monoisotopic (exact) mass is 1750 g/mol. The molecule has 16 fully saturated rings. The summed E-state index contributed by atoms with van der Waals surface area (Å²) in [6.45, 7) is 43.9. The van der Waals surface area contributed by atoms with Crippen LogP contribution in [0.3, 0.4) is 0 Å². The minimum atomic E-state index is 0.0126. The fourth-order valence-electron chi connectivity index (χ4n) is 30.6. The van der Waals surface area contributed by atoms with Crippen molar-refractivity contribution in [1.29, 1.82) is 0 Å². The molecule has 18 nitrogen and oxygen atoms in total. The fraction of sp³-hybridized carbons (Fsp3) is 0.743. The van der Waals surface area contributed by atoms with Crippen molar-refractivity contribution in [2.24, 2.45) is 114 Å². The molecule has 4 saturated heterocycles. The van der Waals surface area contributed by atoms with Crippen LogP contribution >= 0.6 is 0 Å². The number of allylic oxidation sites excluding steroid dienone is 4. The molecule has 20 rings (SSSR count). The fourth-order valence-corrected chi connectivity index (χ4v) is 30.6. The molecule has 16 aliphatic rings. The Kier molecular flexibility index (Phi) is 29.0. The zero-order valence-electron chi connectivity index (χ0n) is 79.1. The molecular weight excluding hydrogens is 1590 g/mol. The third-order valence-electron chi connectivity index (χ3n) is 37.4. The van der Waals surface area contributed by atoms with Crippen LogP contribution in [0.4, 0.5) is 0 Å². The van der Waals surface area contributed by atoms with Gasteiger partial charge in [0.15, 0.2) is 25.2 Å². The van der Waals surface area contributed by atoms with Crippen LogP contribution in [0.1, 0.15) is 287 Å². The molecule has 0 spiro atoms. The molecule has 24 atom stereocenters. The van der Waals surface area contributed by atoms with Crippen LogP contribution in [0.15, 0.2) is 134 Å². The average molecular weight is 1750 g/mol. The van der Waals surface area contributed by atoms with Crippen LogP contribution in [0.2, 0.25) is 0 Å². The van der Waals surface area contributed by atoms with Crippen molar-refractivity contribution in [2.75, 3.05) is 60.0 Å². The van der Waals surface area contributed by atoms with E-state index in [0.29, 0.717) is 133 Å². The maximum Gasteiger partial charge on any atom is 0.213 e. The van der Waals surface area contributed by atoms with Crippen molar-refractivity contribution in [1.82, 2.24) is 19.9 Å². The van der Waals surface area contributed by atoms with Crippen molar-refractivity contribution in [3.8, 4) is 34.6 Å². The summed E-state index contributed by atoms with van der Waals surface area (Å²) in [6, 6.07) is 13.3. The highest BCUT2D eigenvalue weighted by Crippen LogP contribution is 2.69. The van der Waals surface area contributed by atoms with Gasteiger partial charge in [-0.2, -0.15) is 0 Å². The summed E-state index contributed by atoms with van der Waals surface area (Å²) in [6.07, 6.45) is 56.5. The maximum absolute atomic E-state index is 9.64. The third kappa shape index (κ3) is 19.1. The molecule has 18 heteroatoms. The lowest BCUT2D eigenvalue weighted by molar-refractivity contribution is -0.316. The van der Waals surface area contributed by atoms with Crippen LogP contribution in [-0.4, -0.2) is 135 Å². The predicted molar refractivity (Wildman–Crippen MR) is 495 cm³/mol. The number of pyridine rings is 4. The molecule has 0 bridgehead atoms. The van der Waals surface area contributed by atoms with Gasteiger partial charge in [0.25, 0.3) is 0 Å². The highest BCUT2D eigenvalue weighted by molar-refractivity contribution is 5.30. The van der Waals surface area contributed by atoms with Gasteiger partial charge in [-0.3, -0.25) is 15.0 Å². The Labute approximate surface area is 761 Å². The topological polar surface area (TPSA) is 192 Å². The molecule has 4 unspecified atom stereocenters. The van der Waals surface area contributed by atoms with Gasteiger partial charge in [-0.1, -0.05) is 161 Å². The Hall–Kier alpha value is -5.96. The number of nitrogens with zero attached hydrogens (tertiary/aromatic N) is 4. The standard InChI is InChI=1S/C28H41NO4.C27H39NO4.2C27H39NO3/c1-19-9-10-24-27(2,23(19)12-14-31-22-15-21(30-4)16-29-17-22)13-11-25-28(24,3)18-32-26(33-25)20-7-5-6-8-20;1-18-8-9-23-26(2,22(18)11-13-30-21-14-20(29)15-28-16-21)12-10-24-27(23,3)17-31-25(32-24)19-6-4-5-7-19;1-19-11-12-22-26(2,21(19)14-17-29-24-10-6-7-16-28-24)15-13-23-27(22,3)18-30-25(31-23)20-8-4-5-9-20;1-19-10-11-23-26(2,22(19)13-16-29-21-9-6-15-28-17-21)14-12-24-27(23,3)18-30-25(31-24)20-7-4-5-8-20/h15-17,20,23-26H,1,5-14,18H2,2-4H3;14-16,19,22-25,29H,1,4-13,17H2,2-3H3;6-7,10,16,20-23,25H,1,4-5,8-9,11-15,17-18H2,2-3H3;6,9,15,17,20,22-25H,1,4-5,7-8,10-14,16,18H2,2-3H3/t23-,24?,25-,26-,27+,28+;22-,23?,24-,25-,26+,27+;21-,22?,23-,25-,26+,27+;22-,23?,24-,25-,26+,27+/m1111/s1. The van der Waals surface area contributed by atoms with Gasteiger partial charge in [0.1, 0.15) is 28.7 Å². The SMILES string of the molecule is C=C1CCC2[C@]3(C)CO[C@@H](C4CCCC4)O[C@@H]3CC[C@@]2(C)[C@@H]1CCOc1ccccn1.C=C1CCC2[C@]3(C)CO[C@@H](C4CCCC4)O[C@@H]3CC[C@@]2(C)[C@@H]1CCOc1cccnc1.C=C1CCC2[C@]3(C)CO[C@@H](C4CCCC4)O[C@@H]3CC[C@@]2(C)[C@@H]1CCOc1cncc(O)c1.C=C1CCC2[C@]3(C)CO[C@@H](C4CCCC4)O[C@@H]3CC[C@@]2(C)[C@@H]1CCOc1cncc(OC)c1. The van der Waals surface area contributed by atoms with Gasteiger partial charge in [-0.05, 0) is 267 Å². The van der Waals surface area contributed by atoms with E-state index in [4.69, 9.17) is 61.6 Å². The summed E-state index contributed by atoms with van der Waals surface area (Å²) >= 11 is 0. The van der Waals surface area contributed by atoms with Gasteiger partial charge < -0.3 is 66.7 Å². The summed E-state index contributed by atoms with van der Waals surface area (Å²) in [5.41, 5.74) is 6.81. The second-order valence-corrected chi connectivity index (χ2v) is 44.6. The van der Waals surface area contributed by atoms with E-state index >= 15 is 0 Å². The van der Waals surface area contributed by atoms with Crippen LogP contribution in [-0.2, 0) is 37.9 Å². The highest BCUT2D eigenvalue weighted by atomic mass is 16.7. The summed E-state index contributed by atoms with van der Waals surface area (Å²) in [4.78, 5) is 16.7. The minimum Gasteiger partial charge on any atom is -0.506 e. The summed E-state index contributed by atoms with van der Waals surface area (Å²) in [7, 11) is 1.65. The van der Waals surface area contributed by atoms with E-state index in [9.17, 15) is 5.11 Å². The largest absolute Gasteiger partial charge is 0.506 e. The van der Waals surface area contributed by atoms with Crippen molar-refractivity contribution >= 4 is 0 Å². The van der Waals surface area contributed by atoms with Crippen LogP contribution in [0.5, 0.6) is 34.6 Å². The molecule has 12 aliphatic carbocycles. The Bertz CT molecular complexity index is 4190. The van der Waals surface area contributed by atoms with Gasteiger partial charge >= 0.3 is 0 Å². The van der Waals surface area contributed by atoms with Crippen molar-refractivity contribution in [3.05, 3.63) is 134 Å². The minimum absolute atomic E-state index is 0.0126. The molecule has 12 saturated carbocycles. The third-order valence-corrected chi connectivity index (χ3v) is 37.4. The number of fused-ring (bicyclic) bond motifs is 12. The first-order valence-corrected chi connectivity index (χ1v) is 50.6. The van der Waals surface area contributed by atoms with E-state index in [1.165, 1.54) is 183 Å². The van der Waals surface area contributed by atoms with Gasteiger partial charge in [-0.15, -0.1) is 0 Å². The van der Waals surface area contributed by atoms with Crippen molar-refractivity contribution in [2.45, 2.75) is 336 Å². The maximum atomic E-state index is 9.64. The lowest BCUT2D eigenvalue weighted by atomic mass is 9.46. The van der Waals surface area contributed by atoms with E-state index in [1.54, 1.807) is 50.4 Å². The number of hydrogen-bond donors (Lipinski definition) is 1. The lowest BCUT2D eigenvalue weighted by Crippen LogP contribution is -2.62. The summed E-state index contributed by atoms with van der Waals surface area (Å²) in [5, 5.41) is 9.64. The van der Waals surface area contributed by atoms with Crippen LogP contribution < -0.4 is 23.7 Å². The molecule has 0 aromatic carbocycles. The zero-order chi connectivity index (χ0) is 88.4. The Morgan fingerprint density at radius 2 is 0.669 bits per heavy atom. The highest BCUT2D eigenvalue weighted by Gasteiger charge is 2.66. The van der Waals surface area contributed by atoms with Crippen LogP contribution in [0, 0.1) is 114 Å². The van der Waals surface area contributed by atoms with E-state index in [2.05, 4.69) is 102 Å². The summed E-state index contributed by atoms with van der Waals surface area (Å²) < 4.78 is 81.9. The normalized spacial score (nSPS) is 40.2. The molecule has 127 heavy (non-hydrogen) atoms. The number of methoxy groups -OCH3 is 1. The second kappa shape index (κ2) is 39.7. The quantitative estimate of drug-likeness (QED) is 0.0774. The van der Waals surface area contributed by atoms with Crippen LogP contribution in [0.25, 0.3) is 0 Å². The lowest BCUT2D eigenvalue weighted by Gasteiger charge is -2.63. The van der Waals surface area contributed by atoms with Gasteiger partial charge in [-0.25, -0.2) is 4.98 Å². The molecule has 698 valence electrons. The first-order chi connectivity index (χ1) is 61.3. The van der Waals surface area contributed by atoms with E-state index in [-0.39, 0.29) is 74.2 Å². The zero-order valence-corrected chi connectivity index (χ0v) is 79.1. The average Bonchev–Trinajstić information content (AvgIpc) is 1.06. The molecule has 4 aliphatic heterocycles. The number of hydrogen-bond acceptors (Lipinski definition) is 18. The van der Waals surface area contributed by atoms with Crippen molar-refractivity contribution in [3.63, 3.8) is 0 Å². The van der Waals surface area contributed by atoms with Gasteiger partial charge in [0.2, 0.25) is 5.88 Å². The second-order valence-electron chi connectivity index (χ2n) is 44.6. The van der Waals surface area contributed by atoms with Crippen molar-refractivity contribution < 1.29 is 66.7 Å². The number of rotatable bonds is 21. The number of aromatic hydroxyl groups is 1. The Morgan fingerprint density at radius 3 is 0.992 bits per heavy atom. The molecule has 0 amide bonds. The molecule has 0 radical (unpaired) electrons. The number of aromatic nitrogens is 4. The molecule has 4 aromatic rings. The molecule has 1 N–H and O–H groups in total. The predicted octanol–water partition coefficient (Wildman–Crippen LogP) is 24.4. The molecular formula is C109H158N4O14.